The Morgan fingerprint density at radius 3 is 2.85 bits per heavy atom. The Morgan fingerprint density at radius 1 is 1.45 bits per heavy atom. The Morgan fingerprint density at radius 2 is 2.20 bits per heavy atom. The second-order valence-corrected chi connectivity index (χ2v) is 5.47. The van der Waals surface area contributed by atoms with E-state index in [1.165, 1.54) is 0 Å². The molecule has 0 bridgehead atoms. The van der Waals surface area contributed by atoms with Crippen LogP contribution in [0.2, 0.25) is 0 Å². The lowest BCUT2D eigenvalue weighted by molar-refractivity contribution is -0.144. The number of carboxylic acids is 1. The van der Waals surface area contributed by atoms with Gasteiger partial charge in [0.2, 0.25) is 5.91 Å². The second kappa shape index (κ2) is 6.54. The van der Waals surface area contributed by atoms with Crippen LogP contribution in [0.25, 0.3) is 0 Å². The summed E-state index contributed by atoms with van der Waals surface area (Å²) in [6.45, 7) is 3.12. The van der Waals surface area contributed by atoms with Crippen molar-refractivity contribution in [1.29, 1.82) is 0 Å². The van der Waals surface area contributed by atoms with Gasteiger partial charge < -0.3 is 10.4 Å². The zero-order chi connectivity index (χ0) is 14.5. The third-order valence-electron chi connectivity index (χ3n) is 3.80. The van der Waals surface area contributed by atoms with Crippen molar-refractivity contribution in [2.45, 2.75) is 39.2 Å². The number of aryl methyl sites for hydroxylation is 1. The standard InChI is InChI=1S/C14H21N3O3/c1-10-8-16-17(9-10)6-5-15-13(18)11-3-2-4-12(7-11)14(19)20/h8-9,11-12H,2-7H2,1H3,(H,15,18)(H,19,20). The predicted octanol–water partition coefficient (Wildman–Crippen LogP) is 1.20. The fraction of sp³-hybridized carbons (Fsp3) is 0.643. The van der Waals surface area contributed by atoms with Crippen LogP contribution in [0.4, 0.5) is 0 Å². The second-order valence-electron chi connectivity index (χ2n) is 5.47. The molecule has 2 rings (SSSR count). The highest BCUT2D eigenvalue weighted by molar-refractivity contribution is 5.80. The number of carbonyl (C=O) groups is 2. The molecule has 6 heteroatoms. The molecule has 0 aliphatic heterocycles. The molecule has 0 aromatic carbocycles. The normalized spacial score (nSPS) is 22.4. The van der Waals surface area contributed by atoms with Crippen molar-refractivity contribution in [3.05, 3.63) is 18.0 Å². The molecule has 1 saturated carbocycles. The summed E-state index contributed by atoms with van der Waals surface area (Å²) in [6, 6.07) is 0. The lowest BCUT2D eigenvalue weighted by Gasteiger charge is -2.25. The van der Waals surface area contributed by atoms with Crippen LogP contribution in [0.15, 0.2) is 12.4 Å². The number of aliphatic carboxylic acids is 1. The van der Waals surface area contributed by atoms with Gasteiger partial charge in [0.05, 0.1) is 18.7 Å². The first kappa shape index (κ1) is 14.6. The Hall–Kier alpha value is -1.85. The van der Waals surface area contributed by atoms with Crippen LogP contribution in [0.5, 0.6) is 0 Å². The van der Waals surface area contributed by atoms with E-state index in [0.717, 1.165) is 18.4 Å². The third-order valence-corrected chi connectivity index (χ3v) is 3.80. The minimum atomic E-state index is -0.783. The van der Waals surface area contributed by atoms with Crippen LogP contribution in [0.3, 0.4) is 0 Å². The van der Waals surface area contributed by atoms with Crippen LogP contribution >= 0.6 is 0 Å². The van der Waals surface area contributed by atoms with E-state index in [9.17, 15) is 9.59 Å². The molecule has 0 saturated heterocycles. The van der Waals surface area contributed by atoms with Crippen molar-refractivity contribution < 1.29 is 14.7 Å². The number of carboxylic acid groups (broad SMARTS) is 1. The van der Waals surface area contributed by atoms with Crippen LogP contribution in [0, 0.1) is 18.8 Å². The monoisotopic (exact) mass is 279 g/mol. The lowest BCUT2D eigenvalue weighted by Crippen LogP contribution is -2.36. The van der Waals surface area contributed by atoms with E-state index in [1.807, 2.05) is 13.1 Å². The quantitative estimate of drug-likeness (QED) is 0.848. The summed E-state index contributed by atoms with van der Waals surface area (Å²) in [4.78, 5) is 23.0. The Bertz CT molecular complexity index is 484. The number of rotatable bonds is 5. The zero-order valence-electron chi connectivity index (χ0n) is 11.7. The maximum absolute atomic E-state index is 12.0. The Balaban J connectivity index is 1.75. The average Bonchev–Trinajstić information content (AvgIpc) is 2.84. The molecule has 0 spiro atoms. The van der Waals surface area contributed by atoms with E-state index in [0.29, 0.717) is 25.9 Å². The predicted molar refractivity (Wildman–Crippen MR) is 73.1 cm³/mol. The topological polar surface area (TPSA) is 84.2 Å². The van der Waals surface area contributed by atoms with Crippen molar-refractivity contribution in [2.75, 3.05) is 6.54 Å². The molecule has 1 aromatic heterocycles. The van der Waals surface area contributed by atoms with Gasteiger partial charge in [-0.15, -0.1) is 0 Å². The molecule has 6 nitrogen and oxygen atoms in total. The summed E-state index contributed by atoms with van der Waals surface area (Å²) in [5.41, 5.74) is 1.09. The molecular weight excluding hydrogens is 258 g/mol. The number of nitrogens with one attached hydrogen (secondary N) is 1. The molecule has 0 radical (unpaired) electrons. The first-order valence-corrected chi connectivity index (χ1v) is 7.06. The summed E-state index contributed by atoms with van der Waals surface area (Å²) in [6.07, 6.45) is 6.45. The summed E-state index contributed by atoms with van der Waals surface area (Å²) in [5, 5.41) is 16.0. The molecule has 2 atom stereocenters. The van der Waals surface area contributed by atoms with Gasteiger partial charge in [0.15, 0.2) is 0 Å². The van der Waals surface area contributed by atoms with Crippen molar-refractivity contribution in [3.63, 3.8) is 0 Å². The number of nitrogens with zero attached hydrogens (tertiary/aromatic N) is 2. The van der Waals surface area contributed by atoms with Crippen molar-refractivity contribution in [1.82, 2.24) is 15.1 Å². The van der Waals surface area contributed by atoms with Crippen LogP contribution < -0.4 is 5.32 Å². The highest BCUT2D eigenvalue weighted by Crippen LogP contribution is 2.29. The van der Waals surface area contributed by atoms with Crippen LogP contribution in [-0.2, 0) is 16.1 Å². The molecular formula is C14H21N3O3. The molecule has 1 heterocycles. The number of hydrogen-bond donors (Lipinski definition) is 2. The summed E-state index contributed by atoms with van der Waals surface area (Å²) in [5.74, 6) is -1.34. The molecule has 1 fully saturated rings. The molecule has 1 aromatic rings. The first-order valence-electron chi connectivity index (χ1n) is 7.06. The molecule has 1 aliphatic rings. The molecule has 20 heavy (non-hydrogen) atoms. The maximum Gasteiger partial charge on any atom is 0.306 e. The highest BCUT2D eigenvalue weighted by atomic mass is 16.4. The number of aromatic nitrogens is 2. The van der Waals surface area contributed by atoms with Gasteiger partial charge >= 0.3 is 5.97 Å². The fourth-order valence-electron chi connectivity index (χ4n) is 2.68. The van der Waals surface area contributed by atoms with Crippen LogP contribution in [-0.4, -0.2) is 33.3 Å². The van der Waals surface area contributed by atoms with Gasteiger partial charge in [-0.05, 0) is 31.7 Å². The average molecular weight is 279 g/mol. The fourth-order valence-corrected chi connectivity index (χ4v) is 2.68. The van der Waals surface area contributed by atoms with Crippen molar-refractivity contribution in [3.8, 4) is 0 Å². The van der Waals surface area contributed by atoms with E-state index in [2.05, 4.69) is 10.4 Å². The van der Waals surface area contributed by atoms with Crippen molar-refractivity contribution in [2.24, 2.45) is 11.8 Å². The number of hydrogen-bond acceptors (Lipinski definition) is 3. The Labute approximate surface area is 118 Å². The van der Waals surface area contributed by atoms with Gasteiger partial charge in [-0.1, -0.05) is 6.42 Å². The minimum absolute atomic E-state index is 0.0279. The highest BCUT2D eigenvalue weighted by Gasteiger charge is 2.30. The van der Waals surface area contributed by atoms with Gasteiger partial charge in [0, 0.05) is 18.7 Å². The molecule has 110 valence electrons. The molecule has 2 N–H and O–H groups in total. The zero-order valence-corrected chi connectivity index (χ0v) is 11.7. The van der Waals surface area contributed by atoms with Gasteiger partial charge in [-0.3, -0.25) is 14.3 Å². The van der Waals surface area contributed by atoms with E-state index in [1.54, 1.807) is 10.9 Å². The largest absolute Gasteiger partial charge is 0.481 e. The van der Waals surface area contributed by atoms with E-state index in [4.69, 9.17) is 5.11 Å². The van der Waals surface area contributed by atoms with Crippen LogP contribution in [0.1, 0.15) is 31.2 Å². The van der Waals surface area contributed by atoms with Gasteiger partial charge in [-0.2, -0.15) is 5.10 Å². The lowest BCUT2D eigenvalue weighted by atomic mass is 9.81. The maximum atomic E-state index is 12.0. The molecule has 1 aliphatic carbocycles. The van der Waals surface area contributed by atoms with Gasteiger partial charge in [-0.25, -0.2) is 0 Å². The smallest absolute Gasteiger partial charge is 0.306 e. The minimum Gasteiger partial charge on any atom is -0.481 e. The Kier molecular flexibility index (Phi) is 4.76. The summed E-state index contributed by atoms with van der Waals surface area (Å²) in [7, 11) is 0. The summed E-state index contributed by atoms with van der Waals surface area (Å²) >= 11 is 0. The first-order chi connectivity index (χ1) is 9.56. The SMILES string of the molecule is Cc1cnn(CCNC(=O)C2CCCC(C(=O)O)C2)c1. The van der Waals surface area contributed by atoms with E-state index >= 15 is 0 Å². The van der Waals surface area contributed by atoms with Crippen molar-refractivity contribution >= 4 is 11.9 Å². The number of carbonyl (C=O) groups excluding carboxylic acids is 1. The van der Waals surface area contributed by atoms with E-state index in [-0.39, 0.29) is 17.7 Å². The van der Waals surface area contributed by atoms with Gasteiger partial charge in [0.1, 0.15) is 0 Å². The third kappa shape index (κ3) is 3.82. The number of amides is 1. The molecule has 2 unspecified atom stereocenters. The summed E-state index contributed by atoms with van der Waals surface area (Å²) < 4.78 is 1.79. The van der Waals surface area contributed by atoms with E-state index < -0.39 is 5.97 Å². The molecule has 1 amide bonds. The van der Waals surface area contributed by atoms with Gasteiger partial charge in [0.25, 0.3) is 0 Å².